The molecule has 0 aliphatic carbocycles. The number of thiazole rings is 1. The summed E-state index contributed by atoms with van der Waals surface area (Å²) in [5, 5.41) is 5.60. The second-order valence-electron chi connectivity index (χ2n) is 7.59. The molecule has 0 atom stereocenters. The summed E-state index contributed by atoms with van der Waals surface area (Å²) in [4.78, 5) is 19.3. The average molecular weight is 410 g/mol. The van der Waals surface area contributed by atoms with Crippen molar-refractivity contribution >= 4 is 28.6 Å². The van der Waals surface area contributed by atoms with Crippen molar-refractivity contribution in [2.75, 3.05) is 23.3 Å². The molecule has 1 aromatic heterocycles. The first-order valence-corrected chi connectivity index (χ1v) is 10.8. The maximum atomic E-state index is 13.1. The van der Waals surface area contributed by atoms with Crippen molar-refractivity contribution in [3.63, 3.8) is 0 Å². The molecule has 0 unspecified atom stereocenters. The number of amides is 1. The van der Waals surface area contributed by atoms with Crippen molar-refractivity contribution in [1.29, 1.82) is 0 Å². The van der Waals surface area contributed by atoms with Crippen LogP contribution in [0.15, 0.2) is 53.9 Å². The van der Waals surface area contributed by atoms with Crippen molar-refractivity contribution in [2.24, 2.45) is 5.92 Å². The molecule has 1 N–H and O–H groups in total. The Kier molecular flexibility index (Phi) is 5.90. The van der Waals surface area contributed by atoms with E-state index in [0.29, 0.717) is 5.69 Å². The molecule has 0 radical (unpaired) electrons. The molecule has 4 nitrogen and oxygen atoms in total. The molecular weight excluding hydrogens is 385 g/mol. The lowest BCUT2D eigenvalue weighted by Gasteiger charge is -2.32. The van der Waals surface area contributed by atoms with E-state index in [-0.39, 0.29) is 18.1 Å². The largest absolute Gasteiger partial charge is 0.372 e. The minimum absolute atomic E-state index is 0.0968. The summed E-state index contributed by atoms with van der Waals surface area (Å²) < 4.78 is 13.1. The smallest absolute Gasteiger partial charge is 0.230 e. The summed E-state index contributed by atoms with van der Waals surface area (Å²) in [6.07, 6.45) is 2.67. The molecule has 0 saturated carbocycles. The molecule has 6 heteroatoms. The van der Waals surface area contributed by atoms with Crippen LogP contribution in [-0.4, -0.2) is 24.0 Å². The molecule has 1 aliphatic heterocycles. The normalized spacial score (nSPS) is 14.8. The van der Waals surface area contributed by atoms with E-state index in [0.717, 1.165) is 35.3 Å². The minimum Gasteiger partial charge on any atom is -0.372 e. The molecule has 1 aliphatic rings. The summed E-state index contributed by atoms with van der Waals surface area (Å²) in [5.74, 6) is 0.436. The summed E-state index contributed by atoms with van der Waals surface area (Å²) in [5.41, 5.74) is 3.56. The first-order valence-electron chi connectivity index (χ1n) is 9.92. The number of carbonyl (C=O) groups is 1. The highest BCUT2D eigenvalue weighted by atomic mass is 32.1. The molecule has 29 heavy (non-hydrogen) atoms. The third kappa shape index (κ3) is 5.01. The van der Waals surface area contributed by atoms with Crippen LogP contribution in [0.2, 0.25) is 0 Å². The second kappa shape index (κ2) is 8.74. The van der Waals surface area contributed by atoms with Crippen molar-refractivity contribution in [3.8, 4) is 10.6 Å². The maximum Gasteiger partial charge on any atom is 0.230 e. The number of carbonyl (C=O) groups excluding carboxylic acids is 1. The Hall–Kier alpha value is -2.73. The lowest BCUT2D eigenvalue weighted by molar-refractivity contribution is -0.115. The van der Waals surface area contributed by atoms with E-state index in [1.165, 1.54) is 42.0 Å². The monoisotopic (exact) mass is 409 g/mol. The van der Waals surface area contributed by atoms with Gasteiger partial charge in [0.25, 0.3) is 0 Å². The van der Waals surface area contributed by atoms with Gasteiger partial charge in [-0.3, -0.25) is 4.79 Å². The zero-order chi connectivity index (χ0) is 20.2. The molecule has 150 valence electrons. The molecule has 1 saturated heterocycles. The van der Waals surface area contributed by atoms with Gasteiger partial charge in [0.1, 0.15) is 10.8 Å². The van der Waals surface area contributed by atoms with Crippen molar-refractivity contribution in [3.05, 3.63) is 65.4 Å². The lowest BCUT2D eigenvalue weighted by Crippen LogP contribution is -2.32. The zero-order valence-corrected chi connectivity index (χ0v) is 17.2. The Bertz CT molecular complexity index is 961. The number of nitrogens with one attached hydrogen (secondary N) is 1. The van der Waals surface area contributed by atoms with Crippen LogP contribution in [0.4, 0.5) is 15.8 Å². The van der Waals surface area contributed by atoms with Gasteiger partial charge in [0.15, 0.2) is 0 Å². The van der Waals surface area contributed by atoms with Crippen LogP contribution in [0.25, 0.3) is 10.6 Å². The van der Waals surface area contributed by atoms with Crippen molar-refractivity contribution < 1.29 is 9.18 Å². The number of hydrogen-bond acceptors (Lipinski definition) is 4. The van der Waals surface area contributed by atoms with Crippen LogP contribution in [-0.2, 0) is 11.2 Å². The van der Waals surface area contributed by atoms with Gasteiger partial charge in [0.05, 0.1) is 12.1 Å². The van der Waals surface area contributed by atoms with E-state index in [9.17, 15) is 9.18 Å². The molecule has 4 rings (SSSR count). The summed E-state index contributed by atoms with van der Waals surface area (Å²) >= 11 is 1.46. The predicted octanol–water partition coefficient (Wildman–Crippen LogP) is 5.37. The Labute approximate surface area is 174 Å². The fraction of sp³-hybridized carbons (Fsp3) is 0.304. The number of nitrogens with zero attached hydrogens (tertiary/aromatic N) is 2. The average Bonchev–Trinajstić information content (AvgIpc) is 3.18. The van der Waals surface area contributed by atoms with E-state index < -0.39 is 0 Å². The lowest BCUT2D eigenvalue weighted by atomic mass is 9.99. The van der Waals surface area contributed by atoms with Gasteiger partial charge in [0.2, 0.25) is 5.91 Å². The third-order valence-electron chi connectivity index (χ3n) is 5.28. The number of aromatic nitrogens is 1. The summed E-state index contributed by atoms with van der Waals surface area (Å²) in [6.45, 7) is 4.49. The summed E-state index contributed by atoms with van der Waals surface area (Å²) in [6, 6.07) is 14.3. The van der Waals surface area contributed by atoms with Crippen LogP contribution in [0.3, 0.4) is 0 Å². The number of piperidine rings is 1. The Morgan fingerprint density at radius 3 is 2.52 bits per heavy atom. The third-order valence-corrected chi connectivity index (χ3v) is 6.22. The fourth-order valence-electron chi connectivity index (χ4n) is 3.51. The number of benzene rings is 2. The number of rotatable bonds is 5. The van der Waals surface area contributed by atoms with Gasteiger partial charge in [-0.15, -0.1) is 11.3 Å². The van der Waals surface area contributed by atoms with Crippen LogP contribution in [0.5, 0.6) is 0 Å². The number of hydrogen-bond donors (Lipinski definition) is 1. The Morgan fingerprint density at radius 1 is 1.14 bits per heavy atom. The highest BCUT2D eigenvalue weighted by Crippen LogP contribution is 2.26. The van der Waals surface area contributed by atoms with Gasteiger partial charge in [-0.05, 0) is 67.3 Å². The van der Waals surface area contributed by atoms with Gasteiger partial charge in [-0.2, -0.15) is 0 Å². The fourth-order valence-corrected chi connectivity index (χ4v) is 4.33. The first-order chi connectivity index (χ1) is 14.1. The number of halogens is 1. The highest BCUT2D eigenvalue weighted by molar-refractivity contribution is 7.13. The van der Waals surface area contributed by atoms with Crippen LogP contribution >= 0.6 is 11.3 Å². The number of anilines is 2. The Morgan fingerprint density at radius 2 is 1.83 bits per heavy atom. The highest BCUT2D eigenvalue weighted by Gasteiger charge is 2.16. The van der Waals surface area contributed by atoms with Gasteiger partial charge >= 0.3 is 0 Å². The molecule has 1 fully saturated rings. The SMILES string of the molecule is CC1CCN(c2ccc(NC(=O)Cc3csc(-c4ccc(F)cc4)n3)cc2)CC1. The minimum atomic E-state index is -0.272. The Balaban J connectivity index is 1.33. The summed E-state index contributed by atoms with van der Waals surface area (Å²) in [7, 11) is 0. The van der Waals surface area contributed by atoms with Gasteiger partial charge in [-0.1, -0.05) is 6.92 Å². The van der Waals surface area contributed by atoms with E-state index in [1.807, 2.05) is 17.5 Å². The molecule has 0 bridgehead atoms. The van der Waals surface area contributed by atoms with E-state index in [4.69, 9.17) is 0 Å². The van der Waals surface area contributed by atoms with E-state index >= 15 is 0 Å². The van der Waals surface area contributed by atoms with E-state index in [2.05, 4.69) is 34.3 Å². The molecule has 2 aromatic carbocycles. The molecule has 1 amide bonds. The molecule has 3 aromatic rings. The van der Waals surface area contributed by atoms with Gasteiger partial charge in [0, 0.05) is 35.4 Å². The van der Waals surface area contributed by atoms with Crippen molar-refractivity contribution in [2.45, 2.75) is 26.2 Å². The molecular formula is C23H24FN3OS. The maximum absolute atomic E-state index is 13.1. The van der Waals surface area contributed by atoms with Gasteiger partial charge < -0.3 is 10.2 Å². The first kappa shape index (κ1) is 19.6. The van der Waals surface area contributed by atoms with Crippen LogP contribution in [0.1, 0.15) is 25.5 Å². The van der Waals surface area contributed by atoms with Crippen LogP contribution < -0.4 is 10.2 Å². The standard InChI is InChI=1S/C23H24FN3OS/c1-16-10-12-27(13-11-16)21-8-6-19(7-9-21)25-22(28)14-20-15-29-23(26-20)17-2-4-18(24)5-3-17/h2-9,15-16H,10-14H2,1H3,(H,25,28). The van der Waals surface area contributed by atoms with Gasteiger partial charge in [-0.25, -0.2) is 9.37 Å². The predicted molar refractivity (Wildman–Crippen MR) is 117 cm³/mol. The zero-order valence-electron chi connectivity index (χ0n) is 16.4. The van der Waals surface area contributed by atoms with E-state index in [1.54, 1.807) is 12.1 Å². The molecule has 0 spiro atoms. The second-order valence-corrected chi connectivity index (χ2v) is 8.45. The van der Waals surface area contributed by atoms with Crippen molar-refractivity contribution in [1.82, 2.24) is 4.98 Å². The quantitative estimate of drug-likeness (QED) is 0.616. The molecule has 2 heterocycles. The topological polar surface area (TPSA) is 45.2 Å². The van der Waals surface area contributed by atoms with Crippen LogP contribution in [0, 0.1) is 11.7 Å².